The summed E-state index contributed by atoms with van der Waals surface area (Å²) >= 11 is 0. The van der Waals surface area contributed by atoms with Crippen LogP contribution in [-0.2, 0) is 9.47 Å². The first-order valence-corrected chi connectivity index (χ1v) is 7.22. The van der Waals surface area contributed by atoms with Crippen molar-refractivity contribution in [1.82, 2.24) is 14.6 Å². The normalized spacial score (nSPS) is 22.9. The number of ether oxygens (including phenoxy) is 2. The van der Waals surface area contributed by atoms with Crippen molar-refractivity contribution in [2.75, 3.05) is 13.2 Å². The van der Waals surface area contributed by atoms with Gasteiger partial charge in [-0.3, -0.25) is 4.79 Å². The Balaban J connectivity index is 1.77. The molecular weight excluding hydrogens is 321 g/mol. The molecule has 2 aromatic rings. The van der Waals surface area contributed by atoms with Crippen LogP contribution in [0.3, 0.4) is 0 Å². The lowest BCUT2D eigenvalue weighted by Crippen LogP contribution is -2.28. The molecule has 2 atom stereocenters. The van der Waals surface area contributed by atoms with Gasteiger partial charge in [0.2, 0.25) is 0 Å². The fourth-order valence-corrected chi connectivity index (χ4v) is 2.80. The van der Waals surface area contributed by atoms with Gasteiger partial charge in [0, 0.05) is 18.0 Å². The number of carboxylic acids is 1. The Kier molecular flexibility index (Phi) is 3.15. The zero-order chi connectivity index (χ0) is 16.8. The van der Waals surface area contributed by atoms with Gasteiger partial charge >= 0.3 is 5.97 Å². The van der Waals surface area contributed by atoms with Gasteiger partial charge in [0.15, 0.2) is 23.4 Å². The van der Waals surface area contributed by atoms with Crippen LogP contribution in [-0.4, -0.2) is 45.1 Å². The van der Waals surface area contributed by atoms with Gasteiger partial charge in [0.1, 0.15) is 18.7 Å². The lowest BCUT2D eigenvalue weighted by atomic mass is 9.93. The van der Waals surface area contributed by atoms with E-state index in [1.54, 1.807) is 12.2 Å². The fourth-order valence-electron chi connectivity index (χ4n) is 2.80. The third kappa shape index (κ3) is 2.16. The summed E-state index contributed by atoms with van der Waals surface area (Å²) in [7, 11) is 0. The summed E-state index contributed by atoms with van der Waals surface area (Å²) < 4.78 is 26.6. The first kappa shape index (κ1) is 14.5. The number of nitrogens with zero attached hydrogens (tertiary/aromatic N) is 2. The molecule has 3 heterocycles. The van der Waals surface area contributed by atoms with E-state index in [0.29, 0.717) is 12.4 Å². The molecule has 0 amide bonds. The Bertz CT molecular complexity index is 958. The number of carbonyl (C=O) groups is 1. The first-order chi connectivity index (χ1) is 11.5. The van der Waals surface area contributed by atoms with Crippen LogP contribution in [0.25, 0.3) is 5.52 Å². The number of carboxylic acid groups (broad SMARTS) is 1. The smallest absolute Gasteiger partial charge is 0.356 e. The Morgan fingerprint density at radius 1 is 1.42 bits per heavy atom. The molecule has 0 bridgehead atoms. The number of hydrogen-bond donors (Lipinski definition) is 2. The predicted molar refractivity (Wildman–Crippen MR) is 78.5 cm³/mol. The van der Waals surface area contributed by atoms with Crippen molar-refractivity contribution in [3.05, 3.63) is 57.7 Å². The van der Waals surface area contributed by atoms with Crippen LogP contribution in [0.15, 0.2) is 40.7 Å². The molecule has 1 aliphatic heterocycles. The molecule has 4 rings (SSSR count). The standard InChI is InChI=1S/C15H12FN3O5/c16-12-7(1-2-11-13(12)24-4-3-23-11)9-6-19-10(14(20)17-9)5-8(18-19)15(21)22/h1-2,5-7,12H,3-4H2,(H,17,20)(H,21,22). The molecule has 0 aromatic carbocycles. The second-order valence-corrected chi connectivity index (χ2v) is 5.42. The Morgan fingerprint density at radius 3 is 3.00 bits per heavy atom. The average molecular weight is 333 g/mol. The zero-order valence-electron chi connectivity index (χ0n) is 12.2. The van der Waals surface area contributed by atoms with Gasteiger partial charge in [-0.15, -0.1) is 0 Å². The van der Waals surface area contributed by atoms with Crippen molar-refractivity contribution in [3.63, 3.8) is 0 Å². The molecule has 0 radical (unpaired) electrons. The molecule has 2 aromatic heterocycles. The number of aromatic nitrogens is 3. The van der Waals surface area contributed by atoms with Crippen molar-refractivity contribution in [2.24, 2.45) is 0 Å². The number of aromatic amines is 1. The molecule has 0 fully saturated rings. The maximum atomic E-state index is 14.8. The number of aromatic carboxylic acids is 1. The molecule has 124 valence electrons. The number of rotatable bonds is 2. The number of nitrogens with one attached hydrogen (secondary N) is 1. The molecule has 24 heavy (non-hydrogen) atoms. The summed E-state index contributed by atoms with van der Waals surface area (Å²) in [5, 5.41) is 12.8. The Hall–Kier alpha value is -3.10. The minimum atomic E-state index is -1.52. The van der Waals surface area contributed by atoms with E-state index in [9.17, 15) is 14.0 Å². The quantitative estimate of drug-likeness (QED) is 0.848. The molecule has 9 heteroatoms. The van der Waals surface area contributed by atoms with E-state index in [-0.39, 0.29) is 29.3 Å². The van der Waals surface area contributed by atoms with Crippen LogP contribution in [0.5, 0.6) is 0 Å². The van der Waals surface area contributed by atoms with Crippen LogP contribution in [0.2, 0.25) is 0 Å². The molecule has 2 aliphatic rings. The second-order valence-electron chi connectivity index (χ2n) is 5.42. The van der Waals surface area contributed by atoms with Crippen LogP contribution in [0.4, 0.5) is 4.39 Å². The molecule has 8 nitrogen and oxygen atoms in total. The molecule has 2 N–H and O–H groups in total. The van der Waals surface area contributed by atoms with E-state index in [1.807, 2.05) is 0 Å². The largest absolute Gasteiger partial charge is 0.487 e. The molecule has 2 unspecified atom stereocenters. The summed E-state index contributed by atoms with van der Waals surface area (Å²) in [6.45, 7) is 0.616. The van der Waals surface area contributed by atoms with E-state index < -0.39 is 23.6 Å². The lowest BCUT2D eigenvalue weighted by molar-refractivity contribution is 0.0390. The van der Waals surface area contributed by atoms with Crippen LogP contribution < -0.4 is 5.56 Å². The van der Waals surface area contributed by atoms with E-state index in [1.165, 1.54) is 6.20 Å². The van der Waals surface area contributed by atoms with Gasteiger partial charge in [0.25, 0.3) is 5.56 Å². The maximum Gasteiger partial charge on any atom is 0.356 e. The van der Waals surface area contributed by atoms with E-state index in [0.717, 1.165) is 10.6 Å². The molecule has 1 aliphatic carbocycles. The first-order valence-electron chi connectivity index (χ1n) is 7.22. The van der Waals surface area contributed by atoms with Gasteiger partial charge in [-0.1, -0.05) is 6.08 Å². The van der Waals surface area contributed by atoms with Gasteiger partial charge in [-0.25, -0.2) is 13.7 Å². The Morgan fingerprint density at radius 2 is 2.21 bits per heavy atom. The SMILES string of the molecule is O=C(O)c1cc2c(=O)[nH]c(C3C=CC4=C(OCCO4)C3F)cn2n1. The maximum absolute atomic E-state index is 14.8. The van der Waals surface area contributed by atoms with Crippen LogP contribution in [0, 0.1) is 0 Å². The zero-order valence-corrected chi connectivity index (χ0v) is 12.2. The van der Waals surface area contributed by atoms with Gasteiger partial charge in [-0.05, 0) is 6.08 Å². The van der Waals surface area contributed by atoms with Crippen LogP contribution in [0.1, 0.15) is 22.1 Å². The van der Waals surface area contributed by atoms with E-state index >= 15 is 0 Å². The number of H-pyrrole nitrogens is 1. The summed E-state index contributed by atoms with van der Waals surface area (Å²) in [4.78, 5) is 25.7. The number of allylic oxidation sites excluding steroid dienone is 3. The number of alkyl halides is 1. The minimum Gasteiger partial charge on any atom is -0.487 e. The highest BCUT2D eigenvalue weighted by Gasteiger charge is 2.34. The number of fused-ring (bicyclic) bond motifs is 1. The minimum absolute atomic E-state index is 0.0727. The average Bonchev–Trinajstić information content (AvgIpc) is 3.00. The monoisotopic (exact) mass is 333 g/mol. The molecule has 0 saturated heterocycles. The fraction of sp³-hybridized carbons (Fsp3) is 0.267. The highest BCUT2D eigenvalue weighted by atomic mass is 19.1. The number of halogens is 1. The lowest BCUT2D eigenvalue weighted by Gasteiger charge is -2.29. The molecule has 0 saturated carbocycles. The Labute approximate surface area is 133 Å². The third-order valence-electron chi connectivity index (χ3n) is 3.93. The van der Waals surface area contributed by atoms with Gasteiger partial charge in [-0.2, -0.15) is 5.10 Å². The molecular formula is C15H12FN3O5. The van der Waals surface area contributed by atoms with Crippen molar-refractivity contribution in [2.45, 2.75) is 12.1 Å². The summed E-state index contributed by atoms with van der Waals surface area (Å²) in [5.41, 5.74) is -0.475. The van der Waals surface area contributed by atoms with Gasteiger partial charge in [0.05, 0.1) is 5.92 Å². The third-order valence-corrected chi connectivity index (χ3v) is 3.93. The van der Waals surface area contributed by atoms with Crippen molar-refractivity contribution < 1.29 is 23.8 Å². The highest BCUT2D eigenvalue weighted by Crippen LogP contribution is 2.35. The van der Waals surface area contributed by atoms with Crippen molar-refractivity contribution >= 4 is 11.5 Å². The van der Waals surface area contributed by atoms with Crippen molar-refractivity contribution in [3.8, 4) is 0 Å². The topological polar surface area (TPSA) is 106 Å². The highest BCUT2D eigenvalue weighted by molar-refractivity contribution is 5.86. The van der Waals surface area contributed by atoms with Crippen molar-refractivity contribution in [1.29, 1.82) is 0 Å². The second kappa shape index (κ2) is 5.22. The van der Waals surface area contributed by atoms with E-state index in [2.05, 4.69) is 10.1 Å². The van der Waals surface area contributed by atoms with Crippen LogP contribution >= 0.6 is 0 Å². The summed E-state index contributed by atoms with van der Waals surface area (Å²) in [6, 6.07) is 1.16. The summed E-state index contributed by atoms with van der Waals surface area (Å²) in [5.74, 6) is -1.59. The van der Waals surface area contributed by atoms with E-state index in [4.69, 9.17) is 14.6 Å². The predicted octanol–water partition coefficient (Wildman–Crippen LogP) is 0.971. The van der Waals surface area contributed by atoms with Gasteiger partial charge < -0.3 is 19.6 Å². The molecule has 0 spiro atoms. The summed E-state index contributed by atoms with van der Waals surface area (Å²) in [6.07, 6.45) is 3.05. The number of hydrogen-bond acceptors (Lipinski definition) is 5.